The van der Waals surface area contributed by atoms with Gasteiger partial charge in [0.1, 0.15) is 0 Å². The first-order valence-corrected chi connectivity index (χ1v) is 9.86. The summed E-state index contributed by atoms with van der Waals surface area (Å²) in [6.45, 7) is 4.44. The SMILES string of the molecule is CCNC(=NCC1(c2cccc(Br)c2)CC1)NC1CCC(=O)N(C)C1.I. The average Bonchev–Trinajstić information content (AvgIpc) is 3.38. The second-order valence-corrected chi connectivity index (χ2v) is 8.06. The van der Waals surface area contributed by atoms with Gasteiger partial charge in [0, 0.05) is 42.5 Å². The van der Waals surface area contributed by atoms with Crippen molar-refractivity contribution in [2.24, 2.45) is 4.99 Å². The highest BCUT2D eigenvalue weighted by Gasteiger charge is 2.44. The van der Waals surface area contributed by atoms with Gasteiger partial charge in [-0.05, 0) is 43.9 Å². The number of benzene rings is 1. The lowest BCUT2D eigenvalue weighted by atomic mass is 9.96. The van der Waals surface area contributed by atoms with E-state index in [1.807, 2.05) is 7.05 Å². The van der Waals surface area contributed by atoms with Crippen molar-refractivity contribution in [1.82, 2.24) is 15.5 Å². The van der Waals surface area contributed by atoms with Crippen LogP contribution in [-0.2, 0) is 10.2 Å². The van der Waals surface area contributed by atoms with E-state index in [9.17, 15) is 4.79 Å². The molecule has 1 aromatic carbocycles. The Labute approximate surface area is 181 Å². The van der Waals surface area contributed by atoms with E-state index in [1.54, 1.807) is 4.90 Å². The molecule has 26 heavy (non-hydrogen) atoms. The molecule has 144 valence electrons. The molecule has 3 rings (SSSR count). The summed E-state index contributed by atoms with van der Waals surface area (Å²) in [5.74, 6) is 1.09. The molecule has 1 atom stereocenters. The summed E-state index contributed by atoms with van der Waals surface area (Å²) in [7, 11) is 1.87. The molecular formula is C19H28BrIN4O. The van der Waals surface area contributed by atoms with Crippen molar-refractivity contribution in [2.45, 2.75) is 44.1 Å². The molecular weight excluding hydrogens is 507 g/mol. The maximum Gasteiger partial charge on any atom is 0.222 e. The second kappa shape index (κ2) is 9.39. The molecule has 5 nitrogen and oxygen atoms in total. The molecule has 1 unspecified atom stereocenters. The number of guanidine groups is 1. The fourth-order valence-corrected chi connectivity index (χ4v) is 3.78. The molecule has 1 amide bonds. The third-order valence-corrected chi connectivity index (χ3v) is 5.64. The normalized spacial score (nSPS) is 21.8. The van der Waals surface area contributed by atoms with Gasteiger partial charge in [-0.2, -0.15) is 0 Å². The Hall–Kier alpha value is -0.830. The Bertz CT molecular complexity index is 663. The first-order valence-electron chi connectivity index (χ1n) is 9.07. The van der Waals surface area contributed by atoms with Gasteiger partial charge in [-0.15, -0.1) is 24.0 Å². The Morgan fingerprint density at radius 3 is 2.81 bits per heavy atom. The molecule has 0 radical (unpaired) electrons. The average molecular weight is 535 g/mol. The Balaban J connectivity index is 0.00000243. The lowest BCUT2D eigenvalue weighted by Gasteiger charge is -2.31. The summed E-state index contributed by atoms with van der Waals surface area (Å²) in [5.41, 5.74) is 1.55. The minimum absolute atomic E-state index is 0. The van der Waals surface area contributed by atoms with Crippen LogP contribution in [0.4, 0.5) is 0 Å². The highest BCUT2D eigenvalue weighted by Crippen LogP contribution is 2.48. The van der Waals surface area contributed by atoms with Gasteiger partial charge in [-0.3, -0.25) is 9.79 Å². The van der Waals surface area contributed by atoms with E-state index < -0.39 is 0 Å². The van der Waals surface area contributed by atoms with Crippen molar-refractivity contribution in [1.29, 1.82) is 0 Å². The minimum atomic E-state index is 0. The van der Waals surface area contributed by atoms with Crippen LogP contribution in [0, 0.1) is 0 Å². The molecule has 1 heterocycles. The van der Waals surface area contributed by atoms with E-state index in [0.717, 1.165) is 36.5 Å². The van der Waals surface area contributed by atoms with Gasteiger partial charge < -0.3 is 15.5 Å². The number of halogens is 2. The van der Waals surface area contributed by atoms with Gasteiger partial charge in [0.05, 0.1) is 6.54 Å². The fraction of sp³-hybridized carbons (Fsp3) is 0.579. The molecule has 2 N–H and O–H groups in total. The molecule has 2 aliphatic rings. The zero-order valence-electron chi connectivity index (χ0n) is 15.4. The third-order valence-electron chi connectivity index (χ3n) is 5.14. The molecule has 0 aromatic heterocycles. The van der Waals surface area contributed by atoms with Crippen molar-refractivity contribution in [3.8, 4) is 0 Å². The first-order chi connectivity index (χ1) is 12.0. The summed E-state index contributed by atoms with van der Waals surface area (Å²) in [6.07, 6.45) is 3.85. The Kier molecular flexibility index (Phi) is 7.76. The molecule has 0 spiro atoms. The highest BCUT2D eigenvalue weighted by molar-refractivity contribution is 14.0. The monoisotopic (exact) mass is 534 g/mol. The predicted molar refractivity (Wildman–Crippen MR) is 120 cm³/mol. The lowest BCUT2D eigenvalue weighted by Crippen LogP contribution is -2.51. The van der Waals surface area contributed by atoms with Gasteiger partial charge in [0.15, 0.2) is 5.96 Å². The van der Waals surface area contributed by atoms with Crippen LogP contribution in [0.25, 0.3) is 0 Å². The number of likely N-dealkylation sites (N-methyl/N-ethyl adjacent to an activating group) is 1. The topological polar surface area (TPSA) is 56.7 Å². The van der Waals surface area contributed by atoms with E-state index in [0.29, 0.717) is 6.42 Å². The van der Waals surface area contributed by atoms with Crippen LogP contribution < -0.4 is 10.6 Å². The van der Waals surface area contributed by atoms with Crippen molar-refractivity contribution >= 4 is 51.8 Å². The van der Waals surface area contributed by atoms with Crippen molar-refractivity contribution < 1.29 is 4.79 Å². The zero-order valence-corrected chi connectivity index (χ0v) is 19.3. The molecule has 1 aromatic rings. The van der Waals surface area contributed by atoms with Gasteiger partial charge in [-0.25, -0.2) is 0 Å². The molecule has 1 aliphatic carbocycles. The van der Waals surface area contributed by atoms with E-state index in [2.05, 4.69) is 57.8 Å². The quantitative estimate of drug-likeness (QED) is 0.346. The number of carbonyl (C=O) groups excluding carboxylic acids is 1. The Morgan fingerprint density at radius 1 is 1.42 bits per heavy atom. The first kappa shape index (κ1) is 21.5. The standard InChI is InChI=1S/C19H27BrN4O.HI/c1-3-21-18(23-16-7-8-17(25)24(2)12-16)22-13-19(9-10-19)14-5-4-6-15(20)11-14;/h4-6,11,16H,3,7-10,12-13H2,1-2H3,(H2,21,22,23);1H. The zero-order chi connectivity index (χ0) is 17.9. The van der Waals surface area contributed by atoms with Crippen LogP contribution >= 0.6 is 39.9 Å². The van der Waals surface area contributed by atoms with Crippen molar-refractivity contribution in [2.75, 3.05) is 26.7 Å². The number of piperidine rings is 1. The summed E-state index contributed by atoms with van der Waals surface area (Å²) in [5, 5.41) is 6.85. The number of amides is 1. The third kappa shape index (κ3) is 5.34. The number of nitrogens with zero attached hydrogens (tertiary/aromatic N) is 2. The summed E-state index contributed by atoms with van der Waals surface area (Å²) >= 11 is 3.57. The van der Waals surface area contributed by atoms with Crippen LogP contribution in [0.1, 0.15) is 38.2 Å². The van der Waals surface area contributed by atoms with Crippen LogP contribution in [-0.4, -0.2) is 49.5 Å². The van der Waals surface area contributed by atoms with Crippen LogP contribution in [0.15, 0.2) is 33.7 Å². The largest absolute Gasteiger partial charge is 0.357 e. The molecule has 1 aliphatic heterocycles. The maximum absolute atomic E-state index is 11.6. The van der Waals surface area contributed by atoms with Gasteiger partial charge >= 0.3 is 0 Å². The highest BCUT2D eigenvalue weighted by atomic mass is 127. The number of hydrogen-bond donors (Lipinski definition) is 2. The second-order valence-electron chi connectivity index (χ2n) is 7.14. The predicted octanol–water partition coefficient (Wildman–Crippen LogP) is 3.27. The number of carbonyl (C=O) groups is 1. The van der Waals surface area contributed by atoms with Crippen LogP contribution in [0.5, 0.6) is 0 Å². The number of hydrogen-bond acceptors (Lipinski definition) is 2. The lowest BCUT2D eigenvalue weighted by molar-refractivity contribution is -0.132. The summed E-state index contributed by atoms with van der Waals surface area (Å²) < 4.78 is 1.13. The van der Waals surface area contributed by atoms with Crippen molar-refractivity contribution in [3.05, 3.63) is 34.3 Å². The number of nitrogens with one attached hydrogen (secondary N) is 2. The molecule has 7 heteroatoms. The number of rotatable bonds is 5. The smallest absolute Gasteiger partial charge is 0.222 e. The maximum atomic E-state index is 11.6. The van der Waals surface area contributed by atoms with E-state index in [1.165, 1.54) is 18.4 Å². The molecule has 1 saturated heterocycles. The number of aliphatic imine (C=N–C) groups is 1. The van der Waals surface area contributed by atoms with Crippen LogP contribution in [0.3, 0.4) is 0 Å². The summed E-state index contributed by atoms with van der Waals surface area (Å²) in [4.78, 5) is 18.3. The molecule has 1 saturated carbocycles. The minimum Gasteiger partial charge on any atom is -0.357 e. The summed E-state index contributed by atoms with van der Waals surface area (Å²) in [6, 6.07) is 8.85. The van der Waals surface area contributed by atoms with E-state index in [4.69, 9.17) is 4.99 Å². The van der Waals surface area contributed by atoms with Crippen molar-refractivity contribution in [3.63, 3.8) is 0 Å². The van der Waals surface area contributed by atoms with Gasteiger partial charge in [-0.1, -0.05) is 28.1 Å². The fourth-order valence-electron chi connectivity index (χ4n) is 3.38. The van der Waals surface area contributed by atoms with Crippen LogP contribution in [0.2, 0.25) is 0 Å². The Morgan fingerprint density at radius 2 is 2.19 bits per heavy atom. The number of likely N-dealkylation sites (tertiary alicyclic amines) is 1. The van der Waals surface area contributed by atoms with Gasteiger partial charge in [0.25, 0.3) is 0 Å². The van der Waals surface area contributed by atoms with Gasteiger partial charge in [0.2, 0.25) is 5.91 Å². The van der Waals surface area contributed by atoms with E-state index >= 15 is 0 Å². The molecule has 0 bridgehead atoms. The van der Waals surface area contributed by atoms with E-state index in [-0.39, 0.29) is 41.3 Å². The molecule has 2 fully saturated rings.